The maximum atomic E-state index is 12.2. The average molecular weight is 404 g/mol. The molecule has 0 N–H and O–H groups in total. The Bertz CT molecular complexity index is 375. The molecule has 1 rings (SSSR count). The fraction of sp³-hybridized carbons (Fsp3) is 0.364. The highest BCUT2D eigenvalue weighted by molar-refractivity contribution is 9.11. The summed E-state index contributed by atoms with van der Waals surface area (Å²) >= 11 is 18.1. The summed E-state index contributed by atoms with van der Waals surface area (Å²) in [5, 5.41) is 0. The van der Waals surface area contributed by atoms with E-state index in [1.807, 2.05) is 6.07 Å². The van der Waals surface area contributed by atoms with Crippen molar-refractivity contribution >= 4 is 61.0 Å². The zero-order valence-corrected chi connectivity index (χ0v) is 13.6. The number of rotatable bonds is 5. The van der Waals surface area contributed by atoms with Crippen LogP contribution in [0.25, 0.3) is 0 Å². The van der Waals surface area contributed by atoms with Crippen LogP contribution in [0, 0.1) is 0 Å². The second-order valence-corrected chi connectivity index (χ2v) is 5.92. The van der Waals surface area contributed by atoms with Gasteiger partial charge in [-0.15, -0.1) is 23.2 Å². The summed E-state index contributed by atoms with van der Waals surface area (Å²) < 4.78 is 1.71. The lowest BCUT2D eigenvalue weighted by Gasteiger charge is -2.20. The molecule has 0 heterocycles. The summed E-state index contributed by atoms with van der Waals surface area (Å²) in [5.41, 5.74) is 0.612. The van der Waals surface area contributed by atoms with Gasteiger partial charge in [0.05, 0.1) is 0 Å². The Balaban J connectivity index is 2.92. The van der Waals surface area contributed by atoms with Crippen LogP contribution < -0.4 is 0 Å². The quantitative estimate of drug-likeness (QED) is 0.677. The molecule has 6 heteroatoms. The molecule has 0 saturated carbocycles. The van der Waals surface area contributed by atoms with Gasteiger partial charge in [0.1, 0.15) is 0 Å². The first-order valence-electron chi connectivity index (χ1n) is 4.95. The lowest BCUT2D eigenvalue weighted by molar-refractivity contribution is 0.0775. The van der Waals surface area contributed by atoms with E-state index in [0.717, 1.165) is 8.95 Å². The van der Waals surface area contributed by atoms with E-state index in [-0.39, 0.29) is 5.91 Å². The van der Waals surface area contributed by atoms with Gasteiger partial charge in [0.2, 0.25) is 0 Å². The van der Waals surface area contributed by atoms with E-state index in [1.54, 1.807) is 17.0 Å². The van der Waals surface area contributed by atoms with Crippen LogP contribution in [0.3, 0.4) is 0 Å². The van der Waals surface area contributed by atoms with Crippen molar-refractivity contribution < 1.29 is 4.79 Å². The van der Waals surface area contributed by atoms with E-state index in [1.165, 1.54) is 0 Å². The van der Waals surface area contributed by atoms with Gasteiger partial charge in [-0.25, -0.2) is 0 Å². The minimum atomic E-state index is -0.0618. The molecule has 0 unspecified atom stereocenters. The molecule has 0 aliphatic carbocycles. The van der Waals surface area contributed by atoms with Gasteiger partial charge in [-0.05, 0) is 18.2 Å². The number of alkyl halides is 2. The molecule has 2 nitrogen and oxygen atoms in total. The number of halogens is 4. The van der Waals surface area contributed by atoms with Crippen LogP contribution in [0.4, 0.5) is 0 Å². The van der Waals surface area contributed by atoms with E-state index >= 15 is 0 Å². The van der Waals surface area contributed by atoms with Crippen molar-refractivity contribution in [1.82, 2.24) is 4.90 Å². The van der Waals surface area contributed by atoms with Crippen molar-refractivity contribution in [2.45, 2.75) is 0 Å². The molecule has 1 amide bonds. The molecule has 0 aliphatic heterocycles. The van der Waals surface area contributed by atoms with Gasteiger partial charge in [-0.2, -0.15) is 0 Å². The summed E-state index contributed by atoms with van der Waals surface area (Å²) in [6.07, 6.45) is 0. The first-order valence-corrected chi connectivity index (χ1v) is 7.61. The number of nitrogens with zero attached hydrogens (tertiary/aromatic N) is 1. The first-order chi connectivity index (χ1) is 8.08. The molecule has 0 atom stereocenters. The zero-order valence-electron chi connectivity index (χ0n) is 8.93. The second-order valence-electron chi connectivity index (χ2n) is 3.33. The Morgan fingerprint density at radius 3 is 1.94 bits per heavy atom. The molecule has 0 spiro atoms. The van der Waals surface area contributed by atoms with E-state index in [0.29, 0.717) is 30.4 Å². The lowest BCUT2D eigenvalue weighted by Crippen LogP contribution is -2.34. The summed E-state index contributed by atoms with van der Waals surface area (Å²) in [5.74, 6) is 0.739. The van der Waals surface area contributed by atoms with Crippen LogP contribution in [-0.2, 0) is 0 Å². The number of carbonyl (C=O) groups excluding carboxylic acids is 1. The van der Waals surface area contributed by atoms with Crippen LogP contribution in [0.2, 0.25) is 0 Å². The van der Waals surface area contributed by atoms with E-state index in [2.05, 4.69) is 31.9 Å². The van der Waals surface area contributed by atoms with Crippen molar-refractivity contribution in [3.05, 3.63) is 32.7 Å². The van der Waals surface area contributed by atoms with E-state index in [4.69, 9.17) is 23.2 Å². The highest BCUT2D eigenvalue weighted by Gasteiger charge is 2.15. The van der Waals surface area contributed by atoms with Gasteiger partial charge in [0, 0.05) is 39.4 Å². The van der Waals surface area contributed by atoms with Crippen LogP contribution in [0.1, 0.15) is 10.4 Å². The Morgan fingerprint density at radius 1 is 1.06 bits per heavy atom. The van der Waals surface area contributed by atoms with Crippen LogP contribution in [0.5, 0.6) is 0 Å². The van der Waals surface area contributed by atoms with E-state index in [9.17, 15) is 4.79 Å². The molecule has 0 radical (unpaired) electrons. The molecular formula is C11H11Br2Cl2NO. The largest absolute Gasteiger partial charge is 0.336 e. The molecule has 0 aromatic heterocycles. The molecule has 0 saturated heterocycles. The van der Waals surface area contributed by atoms with Gasteiger partial charge in [0.25, 0.3) is 5.91 Å². The van der Waals surface area contributed by atoms with Crippen LogP contribution in [-0.4, -0.2) is 35.7 Å². The summed E-state index contributed by atoms with van der Waals surface area (Å²) in [6, 6.07) is 5.44. The Morgan fingerprint density at radius 2 is 1.53 bits per heavy atom. The van der Waals surface area contributed by atoms with Gasteiger partial charge < -0.3 is 4.90 Å². The maximum Gasteiger partial charge on any atom is 0.254 e. The maximum absolute atomic E-state index is 12.2. The minimum Gasteiger partial charge on any atom is -0.336 e. The molecule has 0 fully saturated rings. The van der Waals surface area contributed by atoms with Crippen molar-refractivity contribution in [2.75, 3.05) is 24.8 Å². The molecular weight excluding hydrogens is 393 g/mol. The van der Waals surface area contributed by atoms with E-state index < -0.39 is 0 Å². The fourth-order valence-corrected chi connectivity index (χ4v) is 3.08. The third-order valence-corrected chi connectivity index (χ3v) is 3.36. The second kappa shape index (κ2) is 7.62. The average Bonchev–Trinajstić information content (AvgIpc) is 2.26. The molecule has 0 aliphatic rings. The number of benzene rings is 1. The number of hydrogen-bond donors (Lipinski definition) is 0. The standard InChI is InChI=1S/C11H11Br2Cl2NO/c12-9-5-8(6-10(13)7-9)11(17)16(3-1-14)4-2-15/h5-7H,1-4H2. The highest BCUT2D eigenvalue weighted by atomic mass is 79.9. The fourth-order valence-electron chi connectivity index (χ4n) is 1.38. The Labute approximate surface area is 128 Å². The molecule has 17 heavy (non-hydrogen) atoms. The van der Waals surface area contributed by atoms with Gasteiger partial charge in [0.15, 0.2) is 0 Å². The van der Waals surface area contributed by atoms with Gasteiger partial charge in [-0.3, -0.25) is 4.79 Å². The predicted molar refractivity (Wildman–Crippen MR) is 79.2 cm³/mol. The van der Waals surface area contributed by atoms with Crippen molar-refractivity contribution in [3.8, 4) is 0 Å². The molecule has 94 valence electrons. The van der Waals surface area contributed by atoms with Crippen molar-refractivity contribution in [2.24, 2.45) is 0 Å². The molecule has 0 bridgehead atoms. The van der Waals surface area contributed by atoms with Crippen LogP contribution >= 0.6 is 55.1 Å². The topological polar surface area (TPSA) is 20.3 Å². The number of amides is 1. The predicted octanol–water partition coefficient (Wildman–Crippen LogP) is 4.13. The highest BCUT2D eigenvalue weighted by Crippen LogP contribution is 2.21. The van der Waals surface area contributed by atoms with Crippen molar-refractivity contribution in [3.63, 3.8) is 0 Å². The zero-order chi connectivity index (χ0) is 12.8. The summed E-state index contributed by atoms with van der Waals surface area (Å²) in [4.78, 5) is 13.8. The SMILES string of the molecule is O=C(c1cc(Br)cc(Br)c1)N(CCCl)CCCl. The number of hydrogen-bond acceptors (Lipinski definition) is 1. The Kier molecular flexibility index (Phi) is 6.85. The normalized spacial score (nSPS) is 10.4. The molecule has 1 aromatic carbocycles. The molecule has 1 aromatic rings. The summed E-state index contributed by atoms with van der Waals surface area (Å²) in [7, 11) is 0. The number of carbonyl (C=O) groups is 1. The van der Waals surface area contributed by atoms with Gasteiger partial charge in [-0.1, -0.05) is 31.9 Å². The van der Waals surface area contributed by atoms with Crippen LogP contribution in [0.15, 0.2) is 27.1 Å². The Hall–Kier alpha value is 0.230. The third kappa shape index (κ3) is 4.78. The minimum absolute atomic E-state index is 0.0618. The van der Waals surface area contributed by atoms with Crippen molar-refractivity contribution in [1.29, 1.82) is 0 Å². The van der Waals surface area contributed by atoms with Gasteiger partial charge >= 0.3 is 0 Å². The third-order valence-electron chi connectivity index (χ3n) is 2.11. The first kappa shape index (κ1) is 15.3. The lowest BCUT2D eigenvalue weighted by atomic mass is 10.2. The smallest absolute Gasteiger partial charge is 0.254 e. The summed E-state index contributed by atoms with van der Waals surface area (Å²) in [6.45, 7) is 0.995. The monoisotopic (exact) mass is 401 g/mol.